The van der Waals surface area contributed by atoms with Crippen molar-refractivity contribution in [2.75, 3.05) is 9.80 Å². The van der Waals surface area contributed by atoms with E-state index in [1.165, 1.54) is 6.07 Å². The van der Waals surface area contributed by atoms with Gasteiger partial charge < -0.3 is 19.1 Å². The fourth-order valence-corrected chi connectivity index (χ4v) is 7.71. The number of hydrogen-bond acceptors (Lipinski definition) is 4. The van der Waals surface area contributed by atoms with Gasteiger partial charge in [0.25, 0.3) is 0 Å². The van der Waals surface area contributed by atoms with Crippen LogP contribution in [-0.2, 0) is 21.1 Å². The van der Waals surface area contributed by atoms with Crippen LogP contribution in [0.15, 0.2) is 134 Å². The first-order valence-electron chi connectivity index (χ1n) is 18.7. The molecule has 0 N–H and O–H groups in total. The molecular weight excluding hydrogens is 889 g/mol. The molecule has 8 heteroatoms. The van der Waals surface area contributed by atoms with Crippen molar-refractivity contribution in [2.24, 2.45) is 0 Å². The molecule has 0 unspecified atom stereocenters. The number of rotatable bonds is 8. The predicted molar refractivity (Wildman–Crippen MR) is 224 cm³/mol. The minimum absolute atomic E-state index is 0. The van der Waals surface area contributed by atoms with Crippen molar-refractivity contribution in [3.8, 4) is 28.4 Å². The quantitative estimate of drug-likeness (QED) is 0.142. The monoisotopic (exact) mass is 925 g/mol. The molecule has 0 saturated carbocycles. The number of pyridine rings is 1. The number of nitrogens with zero attached hydrogens (tertiary/aromatic N) is 5. The molecule has 0 aliphatic carbocycles. The maximum Gasteiger partial charge on any atom is 0.135 e. The second kappa shape index (κ2) is 15.4. The number of fused-ring (bicyclic) bond motifs is 4. The fraction of sp³-hybridized carbons (Fsp3) is 0.122. The molecule has 57 heavy (non-hydrogen) atoms. The van der Waals surface area contributed by atoms with Crippen LogP contribution >= 0.6 is 0 Å². The molecule has 0 spiro atoms. The van der Waals surface area contributed by atoms with Gasteiger partial charge in [0.05, 0.1) is 12.3 Å². The Morgan fingerprint density at radius 3 is 2.11 bits per heavy atom. The second-order valence-corrected chi connectivity index (χ2v) is 14.6. The molecule has 0 amide bonds. The van der Waals surface area contributed by atoms with E-state index in [1.807, 2.05) is 72.8 Å². The van der Waals surface area contributed by atoms with Crippen molar-refractivity contribution < 1.29 is 30.2 Å². The molecule has 0 radical (unpaired) electrons. The Morgan fingerprint density at radius 1 is 0.719 bits per heavy atom. The molecule has 8 aromatic rings. The van der Waals surface area contributed by atoms with E-state index >= 15 is 4.39 Å². The van der Waals surface area contributed by atoms with E-state index < -0.39 is 0 Å². The van der Waals surface area contributed by atoms with Crippen LogP contribution in [0.5, 0.6) is 11.5 Å². The zero-order valence-electron chi connectivity index (χ0n) is 31.8. The van der Waals surface area contributed by atoms with Crippen molar-refractivity contribution in [3.63, 3.8) is 0 Å². The Balaban J connectivity index is 0.00000455. The van der Waals surface area contributed by atoms with E-state index in [1.54, 1.807) is 18.3 Å². The molecule has 0 fully saturated rings. The summed E-state index contributed by atoms with van der Waals surface area (Å²) in [6.07, 6.45) is 1.78. The predicted octanol–water partition coefficient (Wildman–Crippen LogP) is 13.6. The third kappa shape index (κ3) is 6.75. The van der Waals surface area contributed by atoms with E-state index in [4.69, 9.17) is 11.3 Å². The summed E-state index contributed by atoms with van der Waals surface area (Å²) >= 11 is 0. The molecule has 9 rings (SSSR count). The maximum absolute atomic E-state index is 15.1. The molecule has 0 bridgehead atoms. The summed E-state index contributed by atoms with van der Waals surface area (Å²) in [5.74, 6) is 1.72. The van der Waals surface area contributed by atoms with Gasteiger partial charge in [-0.05, 0) is 82.4 Å². The summed E-state index contributed by atoms with van der Waals surface area (Å²) in [7, 11) is 0. The van der Waals surface area contributed by atoms with Crippen LogP contribution in [0.2, 0.25) is 0 Å². The van der Waals surface area contributed by atoms with Gasteiger partial charge >= 0.3 is 0 Å². The minimum Gasteiger partial charge on any atom is -0.510 e. The molecule has 0 atom stereocenters. The first kappa shape index (κ1) is 37.7. The zero-order chi connectivity index (χ0) is 38.5. The third-order valence-corrected chi connectivity index (χ3v) is 10.3. The minimum atomic E-state index is -0.240. The topological polar surface area (TPSA) is 37.9 Å². The van der Waals surface area contributed by atoms with Crippen LogP contribution in [0, 0.1) is 31.2 Å². The van der Waals surface area contributed by atoms with Gasteiger partial charge in [0, 0.05) is 66.9 Å². The van der Waals surface area contributed by atoms with Crippen molar-refractivity contribution in [3.05, 3.63) is 181 Å². The van der Waals surface area contributed by atoms with Crippen molar-refractivity contribution in [1.82, 2.24) is 9.55 Å². The smallest absolute Gasteiger partial charge is 0.135 e. The maximum atomic E-state index is 15.1. The van der Waals surface area contributed by atoms with Crippen LogP contribution in [0.1, 0.15) is 50.7 Å². The molecule has 0 saturated heterocycles. The molecule has 1 aliphatic heterocycles. The van der Waals surface area contributed by atoms with Crippen LogP contribution < -0.4 is 14.5 Å². The number of benzene rings is 6. The van der Waals surface area contributed by atoms with Crippen molar-refractivity contribution >= 4 is 50.2 Å². The first-order valence-corrected chi connectivity index (χ1v) is 18.7. The number of anilines is 4. The fourth-order valence-electron chi connectivity index (χ4n) is 7.71. The summed E-state index contributed by atoms with van der Waals surface area (Å²) in [6.45, 7) is 18.8. The van der Waals surface area contributed by atoms with E-state index in [9.17, 15) is 0 Å². The van der Waals surface area contributed by atoms with Gasteiger partial charge in [-0.2, -0.15) is 6.07 Å². The van der Waals surface area contributed by atoms with E-state index in [2.05, 4.69) is 107 Å². The van der Waals surface area contributed by atoms with Gasteiger partial charge in [-0.1, -0.05) is 87.8 Å². The van der Waals surface area contributed by atoms with Gasteiger partial charge in [0.2, 0.25) is 0 Å². The Kier molecular flexibility index (Phi) is 10.2. The molecule has 3 heterocycles. The largest absolute Gasteiger partial charge is 0.510 e. The van der Waals surface area contributed by atoms with Gasteiger partial charge in [0.15, 0.2) is 0 Å². The molecular formula is C49H37FN5OPt-3. The Bertz CT molecular complexity index is 2800. The Labute approximate surface area is 346 Å². The second-order valence-electron chi connectivity index (χ2n) is 14.6. The standard InChI is InChI=1S/C49H37FN5O.Pt/c1-31(2)41-24-33(38-14-6-8-16-43(38)50)25-42(32(3)4)49(41)54-30-53(45-18-10-11-19-46(45)54)35-26-34(51-5)27-37(28-35)56-36-21-22-40-39-15-7-9-17-44(39)55(47(40)29-36)48-20-12-13-23-52-48;/h6-27,30-32H,1-4H3;/q-3;. The third-order valence-electron chi connectivity index (χ3n) is 10.3. The van der Waals surface area contributed by atoms with E-state index in [0.717, 1.165) is 61.4 Å². The molecule has 6 aromatic carbocycles. The van der Waals surface area contributed by atoms with Crippen molar-refractivity contribution in [1.29, 1.82) is 0 Å². The van der Waals surface area contributed by atoms with Crippen LogP contribution in [0.4, 0.5) is 32.8 Å². The van der Waals surface area contributed by atoms with Crippen LogP contribution in [0.25, 0.3) is 43.6 Å². The SMILES string of the molecule is [C-]#[N+]c1cc(Oc2[c-]c3c(cc2)c2ccccc2n3-c2ccccn2)[c-]c(N2[CH-]N(c3c(C(C)C)cc(-c4ccccc4F)cc3C(C)C)c3ccccc32)c1.[Pt]. The summed E-state index contributed by atoms with van der Waals surface area (Å²) in [5, 5.41) is 2.13. The average molecular weight is 926 g/mol. The van der Waals surface area contributed by atoms with Crippen LogP contribution in [0.3, 0.4) is 0 Å². The van der Waals surface area contributed by atoms with Gasteiger partial charge in [-0.3, -0.25) is 4.85 Å². The van der Waals surface area contributed by atoms with Gasteiger partial charge in [-0.25, -0.2) is 9.37 Å². The average Bonchev–Trinajstić information content (AvgIpc) is 3.76. The van der Waals surface area contributed by atoms with Gasteiger partial charge in [-0.15, -0.1) is 48.1 Å². The number of hydrogen-bond donors (Lipinski definition) is 0. The van der Waals surface area contributed by atoms with Crippen LogP contribution in [-0.4, -0.2) is 9.55 Å². The molecule has 284 valence electrons. The number of halogens is 1. The molecule has 1 aliphatic rings. The van der Waals surface area contributed by atoms with Gasteiger partial charge in [0.1, 0.15) is 11.6 Å². The van der Waals surface area contributed by atoms with E-state index in [-0.39, 0.29) is 38.7 Å². The number of aromatic nitrogens is 2. The summed E-state index contributed by atoms with van der Waals surface area (Å²) in [6, 6.07) is 48.0. The summed E-state index contributed by atoms with van der Waals surface area (Å²) in [5.41, 5.74) is 9.59. The number of ether oxygens (including phenoxy) is 1. The number of para-hydroxylation sites is 3. The molecule has 6 nitrogen and oxygen atoms in total. The Hall–Kier alpha value is -6.22. The summed E-state index contributed by atoms with van der Waals surface area (Å²) < 4.78 is 23.7. The normalized spacial score (nSPS) is 12.3. The molecule has 2 aromatic heterocycles. The first-order chi connectivity index (χ1) is 27.3. The summed E-state index contributed by atoms with van der Waals surface area (Å²) in [4.78, 5) is 12.8. The zero-order valence-corrected chi connectivity index (χ0v) is 34.0. The van der Waals surface area contributed by atoms with E-state index in [0.29, 0.717) is 28.4 Å². The van der Waals surface area contributed by atoms with Crippen molar-refractivity contribution in [2.45, 2.75) is 39.5 Å². The Morgan fingerprint density at radius 2 is 1.40 bits per heavy atom.